The minimum atomic E-state index is -0.0536. The van der Waals surface area contributed by atoms with Crippen LogP contribution in [0.1, 0.15) is 0 Å². The molecular weight excluding hydrogens is 395 g/mol. The molecule has 0 atom stereocenters. The maximum atomic E-state index is 12.7. The van der Waals surface area contributed by atoms with E-state index in [9.17, 15) is 4.79 Å². The molecule has 0 saturated carbocycles. The van der Waals surface area contributed by atoms with Crippen LogP contribution in [-0.2, 0) is 0 Å². The Morgan fingerprint density at radius 2 is 1.95 bits per heavy atom. The molecule has 0 fully saturated rings. The summed E-state index contributed by atoms with van der Waals surface area (Å²) in [5, 5.41) is 1.85. The fourth-order valence-electron chi connectivity index (χ4n) is 2.41. The summed E-state index contributed by atoms with van der Waals surface area (Å²) in [4.78, 5) is 17.1. The summed E-state index contributed by atoms with van der Waals surface area (Å²) >= 11 is 3.42. The number of pyridine rings is 1. The third-order valence-corrected chi connectivity index (χ3v) is 6.14. The first-order valence-electron chi connectivity index (χ1n) is 6.40. The second-order valence-corrected chi connectivity index (χ2v) is 7.67. The Morgan fingerprint density at radius 1 is 1.10 bits per heavy atom. The molecule has 3 nitrogen and oxygen atoms in total. The summed E-state index contributed by atoms with van der Waals surface area (Å²) < 4.78 is 3.98. The monoisotopic (exact) mass is 404 g/mol. The van der Waals surface area contributed by atoms with Gasteiger partial charge in [0.25, 0.3) is 0 Å². The molecule has 0 unspecified atom stereocenters. The average molecular weight is 404 g/mol. The van der Waals surface area contributed by atoms with Crippen molar-refractivity contribution in [1.82, 2.24) is 8.55 Å². The molecule has 2 aromatic heterocycles. The van der Waals surface area contributed by atoms with Crippen molar-refractivity contribution < 1.29 is 0 Å². The zero-order chi connectivity index (χ0) is 14.4. The molecule has 0 N–H and O–H groups in total. The van der Waals surface area contributed by atoms with Crippen LogP contribution in [0.4, 0.5) is 0 Å². The Bertz CT molecular complexity index is 1030. The van der Waals surface area contributed by atoms with Crippen LogP contribution >= 0.6 is 15.9 Å². The zero-order valence-corrected chi connectivity index (χ0v) is 14.1. The molecule has 0 amide bonds. The van der Waals surface area contributed by atoms with Crippen LogP contribution in [0.2, 0.25) is 0 Å². The summed E-state index contributed by atoms with van der Waals surface area (Å²) in [6.07, 6.45) is 1.77. The standard InChI is InChI=1S/C16H9BrN2OSe/c17-11-6-7-12-14(9-11)21-19(16(12)20)13-5-1-3-10-4-2-8-18-15(10)13/h1-9H. The Kier molecular flexibility index (Phi) is 3.07. The molecular formula is C16H9BrN2OSe. The van der Waals surface area contributed by atoms with E-state index in [1.54, 1.807) is 6.20 Å². The van der Waals surface area contributed by atoms with Gasteiger partial charge in [-0.1, -0.05) is 0 Å². The molecule has 2 aromatic carbocycles. The predicted octanol–water partition coefficient (Wildman–Crippen LogP) is 3.36. The fourth-order valence-corrected chi connectivity index (χ4v) is 5.33. The normalized spacial score (nSPS) is 11.3. The molecule has 4 aromatic rings. The Hall–Kier alpha value is -1.68. The number of rotatable bonds is 1. The van der Waals surface area contributed by atoms with E-state index in [2.05, 4.69) is 20.9 Å². The number of para-hydroxylation sites is 1. The number of nitrogens with zero attached hydrogens (tertiary/aromatic N) is 2. The van der Waals surface area contributed by atoms with Gasteiger partial charge in [0.1, 0.15) is 0 Å². The topological polar surface area (TPSA) is 34.9 Å². The van der Waals surface area contributed by atoms with Crippen LogP contribution in [-0.4, -0.2) is 23.3 Å². The summed E-state index contributed by atoms with van der Waals surface area (Å²) in [6.45, 7) is 0. The van der Waals surface area contributed by atoms with E-state index in [1.807, 2.05) is 52.1 Å². The number of aromatic nitrogens is 2. The number of hydrogen-bond donors (Lipinski definition) is 0. The van der Waals surface area contributed by atoms with E-state index >= 15 is 0 Å². The SMILES string of the molecule is O=c1c2ccc(Br)cc2[se]n1-c1cccc2cccnc12. The molecule has 0 bridgehead atoms. The first-order valence-corrected chi connectivity index (χ1v) is 8.81. The van der Waals surface area contributed by atoms with Crippen LogP contribution in [0, 0.1) is 0 Å². The van der Waals surface area contributed by atoms with Crippen molar-refractivity contribution in [3.63, 3.8) is 0 Å². The van der Waals surface area contributed by atoms with Crippen molar-refractivity contribution in [3.8, 4) is 5.69 Å². The summed E-state index contributed by atoms with van der Waals surface area (Å²) in [5.41, 5.74) is 1.84. The van der Waals surface area contributed by atoms with E-state index in [4.69, 9.17) is 0 Å². The fraction of sp³-hybridized carbons (Fsp3) is 0. The van der Waals surface area contributed by atoms with Gasteiger partial charge in [0.15, 0.2) is 0 Å². The molecule has 0 radical (unpaired) electrons. The first kappa shape index (κ1) is 13.0. The maximum absolute atomic E-state index is 12.7. The second kappa shape index (κ2) is 4.95. The van der Waals surface area contributed by atoms with Crippen LogP contribution in [0.25, 0.3) is 26.2 Å². The molecule has 2 heterocycles. The van der Waals surface area contributed by atoms with Gasteiger partial charge in [-0.2, -0.15) is 0 Å². The Balaban J connectivity index is 2.09. The Morgan fingerprint density at radius 3 is 2.86 bits per heavy atom. The zero-order valence-electron chi connectivity index (χ0n) is 10.8. The number of hydrogen-bond acceptors (Lipinski definition) is 2. The number of benzene rings is 2. The molecule has 21 heavy (non-hydrogen) atoms. The van der Waals surface area contributed by atoms with Crippen LogP contribution < -0.4 is 5.56 Å². The molecule has 0 saturated heterocycles. The van der Waals surface area contributed by atoms with Gasteiger partial charge in [0, 0.05) is 0 Å². The number of fused-ring (bicyclic) bond motifs is 2. The van der Waals surface area contributed by atoms with E-state index < -0.39 is 0 Å². The summed E-state index contributed by atoms with van der Waals surface area (Å²) in [5.74, 6) is 0. The van der Waals surface area contributed by atoms with Gasteiger partial charge in [-0.15, -0.1) is 0 Å². The van der Waals surface area contributed by atoms with Gasteiger partial charge in [0.2, 0.25) is 0 Å². The van der Waals surface area contributed by atoms with Gasteiger partial charge in [-0.25, -0.2) is 0 Å². The molecule has 102 valence electrons. The van der Waals surface area contributed by atoms with Crippen molar-refractivity contribution in [3.05, 3.63) is 69.6 Å². The second-order valence-electron chi connectivity index (χ2n) is 4.68. The van der Waals surface area contributed by atoms with Gasteiger partial charge < -0.3 is 0 Å². The summed E-state index contributed by atoms with van der Waals surface area (Å²) in [7, 11) is 0. The molecule has 4 rings (SSSR count). The predicted molar refractivity (Wildman–Crippen MR) is 89.5 cm³/mol. The third-order valence-electron chi connectivity index (χ3n) is 3.38. The van der Waals surface area contributed by atoms with Crippen LogP contribution in [0.3, 0.4) is 0 Å². The average Bonchev–Trinajstić information content (AvgIpc) is 2.83. The van der Waals surface area contributed by atoms with Gasteiger partial charge in [0.05, 0.1) is 0 Å². The quantitative estimate of drug-likeness (QED) is 0.457. The third kappa shape index (κ3) is 2.09. The Labute approximate surface area is 135 Å². The van der Waals surface area contributed by atoms with Crippen LogP contribution in [0.15, 0.2) is 64.0 Å². The molecule has 5 heteroatoms. The van der Waals surface area contributed by atoms with Gasteiger partial charge >= 0.3 is 135 Å². The number of halogens is 1. The van der Waals surface area contributed by atoms with Crippen molar-refractivity contribution in [2.45, 2.75) is 0 Å². The van der Waals surface area contributed by atoms with Crippen LogP contribution in [0.5, 0.6) is 0 Å². The van der Waals surface area contributed by atoms with E-state index in [0.29, 0.717) is 0 Å². The van der Waals surface area contributed by atoms with Crippen molar-refractivity contribution >= 4 is 51.2 Å². The first-order chi connectivity index (χ1) is 10.2. The molecule has 0 aliphatic heterocycles. The van der Waals surface area contributed by atoms with E-state index in [0.717, 1.165) is 30.7 Å². The van der Waals surface area contributed by atoms with E-state index in [1.165, 1.54) is 0 Å². The molecule has 0 spiro atoms. The van der Waals surface area contributed by atoms with Crippen molar-refractivity contribution in [1.29, 1.82) is 0 Å². The summed E-state index contributed by atoms with van der Waals surface area (Å²) in [6, 6.07) is 15.7. The van der Waals surface area contributed by atoms with Gasteiger partial charge in [-0.3, -0.25) is 0 Å². The van der Waals surface area contributed by atoms with Crippen molar-refractivity contribution in [2.24, 2.45) is 0 Å². The van der Waals surface area contributed by atoms with E-state index in [-0.39, 0.29) is 20.3 Å². The molecule has 0 aliphatic carbocycles. The van der Waals surface area contributed by atoms with Gasteiger partial charge in [-0.05, 0) is 0 Å². The van der Waals surface area contributed by atoms with Crippen molar-refractivity contribution in [2.75, 3.05) is 0 Å². The minimum absolute atomic E-state index is 0.0536. The molecule has 0 aliphatic rings.